The fraction of sp³-hybridized carbons (Fsp3) is 0.583. The third-order valence-electron chi connectivity index (χ3n) is 2.21. The normalized spacial score (nSPS) is 12.9. The van der Waals surface area contributed by atoms with Gasteiger partial charge in [0.05, 0.1) is 12.8 Å². The minimum absolute atomic E-state index is 0.0520. The molecule has 118 valence electrons. The van der Waals surface area contributed by atoms with E-state index in [0.29, 0.717) is 6.42 Å². The molecule has 0 bridgehead atoms. The highest BCUT2D eigenvalue weighted by atomic mass is 16.6. The first-order chi connectivity index (χ1) is 9.60. The standard InChI is InChI=1S/C12H16O9/c1-3-4-8(14)21-10(16)6-12(19,11(17)18)5-9(15)20-7(2)13/h19H,3-6H2,1-2H3,(H,17,18). The van der Waals surface area contributed by atoms with Gasteiger partial charge in [-0.1, -0.05) is 6.92 Å². The highest BCUT2D eigenvalue weighted by molar-refractivity contribution is 5.93. The number of rotatable bonds is 7. The molecule has 0 heterocycles. The Hall–Kier alpha value is -2.29. The second kappa shape index (κ2) is 8.10. The number of esters is 4. The molecule has 0 rings (SSSR count). The number of hydrogen-bond donors (Lipinski definition) is 2. The van der Waals surface area contributed by atoms with E-state index < -0.39 is 48.3 Å². The Balaban J connectivity index is 4.77. The molecule has 0 saturated heterocycles. The van der Waals surface area contributed by atoms with Gasteiger partial charge < -0.3 is 19.7 Å². The molecule has 0 saturated carbocycles. The molecule has 0 aliphatic rings. The first kappa shape index (κ1) is 18.7. The molecule has 1 atom stereocenters. The van der Waals surface area contributed by atoms with Crippen molar-refractivity contribution in [2.24, 2.45) is 0 Å². The zero-order valence-electron chi connectivity index (χ0n) is 11.6. The van der Waals surface area contributed by atoms with E-state index in [-0.39, 0.29) is 6.42 Å². The molecule has 0 aromatic rings. The molecule has 2 N–H and O–H groups in total. The molecule has 21 heavy (non-hydrogen) atoms. The Labute approximate surface area is 119 Å². The van der Waals surface area contributed by atoms with E-state index in [2.05, 4.69) is 9.47 Å². The zero-order valence-corrected chi connectivity index (χ0v) is 11.6. The number of carbonyl (C=O) groups is 5. The third-order valence-corrected chi connectivity index (χ3v) is 2.21. The largest absolute Gasteiger partial charge is 0.479 e. The van der Waals surface area contributed by atoms with Crippen LogP contribution in [-0.4, -0.2) is 45.7 Å². The molecule has 0 aromatic carbocycles. The summed E-state index contributed by atoms with van der Waals surface area (Å²) in [6, 6.07) is 0. The Morgan fingerprint density at radius 3 is 1.81 bits per heavy atom. The quantitative estimate of drug-likeness (QED) is 0.471. The van der Waals surface area contributed by atoms with Crippen LogP contribution in [0.1, 0.15) is 39.5 Å². The van der Waals surface area contributed by atoms with Crippen LogP contribution >= 0.6 is 0 Å². The maximum atomic E-state index is 11.4. The third kappa shape index (κ3) is 7.16. The highest BCUT2D eigenvalue weighted by Gasteiger charge is 2.42. The van der Waals surface area contributed by atoms with Crippen LogP contribution in [0.2, 0.25) is 0 Å². The van der Waals surface area contributed by atoms with Crippen LogP contribution in [0.25, 0.3) is 0 Å². The molecule has 0 amide bonds. The number of carboxylic acids is 1. The van der Waals surface area contributed by atoms with Crippen LogP contribution in [0.3, 0.4) is 0 Å². The Kier molecular flexibility index (Phi) is 7.22. The molecule has 0 fully saturated rings. The van der Waals surface area contributed by atoms with E-state index in [1.165, 1.54) is 0 Å². The summed E-state index contributed by atoms with van der Waals surface area (Å²) in [6.45, 7) is 2.58. The van der Waals surface area contributed by atoms with E-state index >= 15 is 0 Å². The number of carbonyl (C=O) groups excluding carboxylic acids is 4. The second-order valence-electron chi connectivity index (χ2n) is 4.25. The van der Waals surface area contributed by atoms with Gasteiger partial charge in [-0.25, -0.2) is 4.79 Å². The van der Waals surface area contributed by atoms with Gasteiger partial charge in [-0.3, -0.25) is 19.2 Å². The van der Waals surface area contributed by atoms with Gasteiger partial charge in [0.1, 0.15) is 0 Å². The number of ether oxygens (including phenoxy) is 2. The van der Waals surface area contributed by atoms with Gasteiger partial charge in [0.25, 0.3) is 0 Å². The number of aliphatic carboxylic acids is 1. The van der Waals surface area contributed by atoms with Gasteiger partial charge in [0.2, 0.25) is 0 Å². The molecule has 1 unspecified atom stereocenters. The van der Waals surface area contributed by atoms with Crippen molar-refractivity contribution in [2.75, 3.05) is 0 Å². The number of carboxylic acid groups (broad SMARTS) is 1. The van der Waals surface area contributed by atoms with Crippen LogP contribution in [-0.2, 0) is 33.4 Å². The Morgan fingerprint density at radius 2 is 1.43 bits per heavy atom. The fourth-order valence-electron chi connectivity index (χ4n) is 1.31. The lowest BCUT2D eigenvalue weighted by Crippen LogP contribution is -2.43. The number of aliphatic hydroxyl groups is 1. The Morgan fingerprint density at radius 1 is 0.952 bits per heavy atom. The predicted octanol–water partition coefficient (Wildman–Crippen LogP) is -0.458. The van der Waals surface area contributed by atoms with Gasteiger partial charge in [-0.05, 0) is 6.42 Å². The summed E-state index contributed by atoms with van der Waals surface area (Å²) in [5.74, 6) is -6.37. The predicted molar refractivity (Wildman–Crippen MR) is 64.6 cm³/mol. The fourth-order valence-corrected chi connectivity index (χ4v) is 1.31. The van der Waals surface area contributed by atoms with Gasteiger partial charge in [-0.15, -0.1) is 0 Å². The lowest BCUT2D eigenvalue weighted by molar-refractivity contribution is -0.176. The second-order valence-corrected chi connectivity index (χ2v) is 4.25. The van der Waals surface area contributed by atoms with Gasteiger partial charge >= 0.3 is 29.8 Å². The van der Waals surface area contributed by atoms with E-state index in [1.54, 1.807) is 6.92 Å². The average molecular weight is 304 g/mol. The first-order valence-electron chi connectivity index (χ1n) is 6.01. The van der Waals surface area contributed by atoms with E-state index in [4.69, 9.17) is 5.11 Å². The highest BCUT2D eigenvalue weighted by Crippen LogP contribution is 2.18. The van der Waals surface area contributed by atoms with Crippen LogP contribution in [0, 0.1) is 0 Å². The molecule has 9 heteroatoms. The molecule has 0 aliphatic carbocycles. The first-order valence-corrected chi connectivity index (χ1v) is 6.01. The zero-order chi connectivity index (χ0) is 16.6. The smallest absolute Gasteiger partial charge is 0.336 e. The number of hydrogen-bond acceptors (Lipinski definition) is 8. The minimum Gasteiger partial charge on any atom is -0.479 e. The molecule has 0 radical (unpaired) electrons. The van der Waals surface area contributed by atoms with Crippen molar-refractivity contribution in [1.82, 2.24) is 0 Å². The van der Waals surface area contributed by atoms with E-state index in [9.17, 15) is 29.1 Å². The van der Waals surface area contributed by atoms with Crippen LogP contribution < -0.4 is 0 Å². The van der Waals surface area contributed by atoms with Crippen molar-refractivity contribution >= 4 is 29.8 Å². The summed E-state index contributed by atoms with van der Waals surface area (Å²) >= 11 is 0. The molecular weight excluding hydrogens is 288 g/mol. The molecule has 0 aliphatic heterocycles. The summed E-state index contributed by atoms with van der Waals surface area (Å²) in [5, 5.41) is 18.6. The van der Waals surface area contributed by atoms with Crippen molar-refractivity contribution in [1.29, 1.82) is 0 Å². The Bertz CT molecular complexity index is 454. The SMILES string of the molecule is CCCC(=O)OC(=O)CC(O)(CC(=O)OC(C)=O)C(=O)O. The monoisotopic (exact) mass is 304 g/mol. The van der Waals surface area contributed by atoms with Crippen molar-refractivity contribution in [2.45, 2.75) is 45.1 Å². The van der Waals surface area contributed by atoms with Crippen LogP contribution in [0.5, 0.6) is 0 Å². The van der Waals surface area contributed by atoms with Crippen LogP contribution in [0.4, 0.5) is 0 Å². The summed E-state index contributed by atoms with van der Waals surface area (Å²) in [6.07, 6.45) is -1.91. The summed E-state index contributed by atoms with van der Waals surface area (Å²) < 4.78 is 8.36. The van der Waals surface area contributed by atoms with Gasteiger partial charge in [0.15, 0.2) is 5.60 Å². The lowest BCUT2D eigenvalue weighted by atomic mass is 9.96. The van der Waals surface area contributed by atoms with Crippen LogP contribution in [0.15, 0.2) is 0 Å². The lowest BCUT2D eigenvalue weighted by Gasteiger charge is -2.20. The van der Waals surface area contributed by atoms with Crippen molar-refractivity contribution < 1.29 is 43.7 Å². The summed E-state index contributed by atoms with van der Waals surface area (Å²) in [5.41, 5.74) is -2.82. The van der Waals surface area contributed by atoms with E-state index in [1.807, 2.05) is 0 Å². The van der Waals surface area contributed by atoms with Gasteiger partial charge in [0, 0.05) is 13.3 Å². The average Bonchev–Trinajstić information content (AvgIpc) is 2.26. The van der Waals surface area contributed by atoms with Crippen molar-refractivity contribution in [3.8, 4) is 0 Å². The van der Waals surface area contributed by atoms with Gasteiger partial charge in [-0.2, -0.15) is 0 Å². The molecule has 0 aromatic heterocycles. The van der Waals surface area contributed by atoms with E-state index in [0.717, 1.165) is 6.92 Å². The van der Waals surface area contributed by atoms with Crippen molar-refractivity contribution in [3.05, 3.63) is 0 Å². The minimum atomic E-state index is -2.82. The molecule has 9 nitrogen and oxygen atoms in total. The summed E-state index contributed by atoms with van der Waals surface area (Å²) in [7, 11) is 0. The molecule has 0 spiro atoms. The maximum absolute atomic E-state index is 11.4. The molecular formula is C12H16O9. The van der Waals surface area contributed by atoms with Crippen molar-refractivity contribution in [3.63, 3.8) is 0 Å². The maximum Gasteiger partial charge on any atom is 0.336 e. The summed E-state index contributed by atoms with van der Waals surface area (Å²) in [4.78, 5) is 55.1. The topological polar surface area (TPSA) is 144 Å².